The van der Waals surface area contributed by atoms with Crippen LogP contribution in [0.3, 0.4) is 0 Å². The average Bonchev–Trinajstić information content (AvgIpc) is 2.82. The summed E-state index contributed by atoms with van der Waals surface area (Å²) in [5.41, 5.74) is 2.22. The summed E-state index contributed by atoms with van der Waals surface area (Å²) in [5.74, 6) is 0. The van der Waals surface area contributed by atoms with Gasteiger partial charge in [-0.15, -0.1) is 5.10 Å². The largest absolute Gasteiger partial charge is 0.311 e. The number of likely N-dealkylation sites (N-methyl/N-ethyl adjacent to an activating group) is 1. The Morgan fingerprint density at radius 1 is 1.38 bits per heavy atom. The van der Waals surface area contributed by atoms with Gasteiger partial charge in [0.2, 0.25) is 0 Å². The van der Waals surface area contributed by atoms with Gasteiger partial charge in [-0.25, -0.2) is 0 Å². The van der Waals surface area contributed by atoms with Crippen molar-refractivity contribution in [2.24, 2.45) is 0 Å². The molecule has 0 aliphatic carbocycles. The standard InChI is InChI=1S/C11H12ClN3S/c1-13-10(11-7-16-15-14-11)6-8-2-4-9(12)5-3-8/h2-5,7,10,13H,6H2,1H3. The first-order valence-electron chi connectivity index (χ1n) is 4.98. The molecule has 1 unspecified atom stereocenters. The Morgan fingerprint density at radius 3 is 2.69 bits per heavy atom. The van der Waals surface area contributed by atoms with Crippen molar-refractivity contribution in [1.29, 1.82) is 0 Å². The molecule has 1 aromatic carbocycles. The SMILES string of the molecule is CNC(Cc1ccc(Cl)cc1)c1csnn1. The molecule has 5 heteroatoms. The smallest absolute Gasteiger partial charge is 0.0928 e. The van der Waals surface area contributed by atoms with Crippen LogP contribution in [-0.4, -0.2) is 16.6 Å². The van der Waals surface area contributed by atoms with Gasteiger partial charge >= 0.3 is 0 Å². The molecular formula is C11H12ClN3S. The van der Waals surface area contributed by atoms with Crippen molar-refractivity contribution >= 4 is 23.1 Å². The number of halogens is 1. The fraction of sp³-hybridized carbons (Fsp3) is 0.273. The van der Waals surface area contributed by atoms with Gasteiger partial charge in [0.15, 0.2) is 0 Å². The molecular weight excluding hydrogens is 242 g/mol. The number of rotatable bonds is 4. The Kier molecular flexibility index (Phi) is 3.88. The Bertz CT molecular complexity index is 427. The molecule has 0 aliphatic heterocycles. The van der Waals surface area contributed by atoms with E-state index in [1.165, 1.54) is 17.1 Å². The molecule has 16 heavy (non-hydrogen) atoms. The minimum atomic E-state index is 0.208. The highest BCUT2D eigenvalue weighted by atomic mass is 35.5. The van der Waals surface area contributed by atoms with Crippen molar-refractivity contribution in [2.75, 3.05) is 7.05 Å². The molecule has 84 valence electrons. The van der Waals surface area contributed by atoms with Gasteiger partial charge in [0.25, 0.3) is 0 Å². The summed E-state index contributed by atoms with van der Waals surface area (Å²) in [4.78, 5) is 0. The first-order valence-corrected chi connectivity index (χ1v) is 6.19. The predicted octanol–water partition coefficient (Wildman–Crippen LogP) is 2.69. The highest BCUT2D eigenvalue weighted by molar-refractivity contribution is 7.03. The van der Waals surface area contributed by atoms with Gasteiger partial charge in [0, 0.05) is 10.4 Å². The normalized spacial score (nSPS) is 12.6. The lowest BCUT2D eigenvalue weighted by atomic mass is 10.0. The van der Waals surface area contributed by atoms with Crippen LogP contribution in [0.2, 0.25) is 5.02 Å². The molecule has 0 saturated carbocycles. The van der Waals surface area contributed by atoms with E-state index >= 15 is 0 Å². The zero-order chi connectivity index (χ0) is 11.4. The van der Waals surface area contributed by atoms with E-state index in [1.54, 1.807) is 0 Å². The maximum atomic E-state index is 5.85. The lowest BCUT2D eigenvalue weighted by molar-refractivity contribution is 0.574. The lowest BCUT2D eigenvalue weighted by Gasteiger charge is -2.13. The molecule has 1 heterocycles. The van der Waals surface area contributed by atoms with E-state index in [0.717, 1.165) is 17.1 Å². The molecule has 1 atom stereocenters. The summed E-state index contributed by atoms with van der Waals surface area (Å²) < 4.78 is 3.88. The molecule has 1 aromatic heterocycles. The lowest BCUT2D eigenvalue weighted by Crippen LogP contribution is -2.19. The monoisotopic (exact) mass is 253 g/mol. The second kappa shape index (κ2) is 5.39. The minimum Gasteiger partial charge on any atom is -0.311 e. The number of aromatic nitrogens is 2. The molecule has 0 fully saturated rings. The summed E-state index contributed by atoms with van der Waals surface area (Å²) in [7, 11) is 1.93. The first kappa shape index (κ1) is 11.5. The Morgan fingerprint density at radius 2 is 2.12 bits per heavy atom. The van der Waals surface area contributed by atoms with Gasteiger partial charge in [-0.1, -0.05) is 28.2 Å². The van der Waals surface area contributed by atoms with Gasteiger partial charge in [-0.2, -0.15) is 0 Å². The fourth-order valence-corrected chi connectivity index (χ4v) is 2.17. The quantitative estimate of drug-likeness (QED) is 0.911. The summed E-state index contributed by atoms with van der Waals surface area (Å²) in [6.45, 7) is 0. The maximum Gasteiger partial charge on any atom is 0.0928 e. The van der Waals surface area contributed by atoms with E-state index in [4.69, 9.17) is 11.6 Å². The van der Waals surface area contributed by atoms with E-state index in [0.29, 0.717) is 0 Å². The molecule has 2 aromatic rings. The second-order valence-electron chi connectivity index (χ2n) is 3.50. The maximum absolute atomic E-state index is 5.85. The van der Waals surface area contributed by atoms with Crippen LogP contribution < -0.4 is 5.32 Å². The summed E-state index contributed by atoms with van der Waals surface area (Å²) >= 11 is 7.22. The first-order chi connectivity index (χ1) is 7.79. The summed E-state index contributed by atoms with van der Waals surface area (Å²) in [6.07, 6.45) is 0.888. The van der Waals surface area contributed by atoms with E-state index in [2.05, 4.69) is 14.9 Å². The molecule has 0 spiro atoms. The van der Waals surface area contributed by atoms with Crippen molar-refractivity contribution in [3.8, 4) is 0 Å². The molecule has 0 aliphatic rings. The Labute approximate surface area is 104 Å². The van der Waals surface area contributed by atoms with Crippen LogP contribution in [0.25, 0.3) is 0 Å². The molecule has 0 amide bonds. The summed E-state index contributed by atoms with van der Waals surface area (Å²) in [6, 6.07) is 8.09. The number of nitrogens with one attached hydrogen (secondary N) is 1. The number of hydrogen-bond acceptors (Lipinski definition) is 4. The van der Waals surface area contributed by atoms with Gasteiger partial charge < -0.3 is 5.32 Å². The van der Waals surface area contributed by atoms with Gasteiger partial charge in [-0.05, 0) is 42.7 Å². The van der Waals surface area contributed by atoms with Crippen molar-refractivity contribution < 1.29 is 0 Å². The molecule has 0 radical (unpaired) electrons. The highest BCUT2D eigenvalue weighted by Crippen LogP contribution is 2.18. The molecule has 0 bridgehead atoms. The molecule has 0 saturated heterocycles. The fourth-order valence-electron chi connectivity index (χ4n) is 1.53. The second-order valence-corrected chi connectivity index (χ2v) is 4.55. The minimum absolute atomic E-state index is 0.208. The van der Waals surface area contributed by atoms with Crippen LogP contribution >= 0.6 is 23.1 Å². The topological polar surface area (TPSA) is 37.8 Å². The number of nitrogens with zero attached hydrogens (tertiary/aromatic N) is 2. The van der Waals surface area contributed by atoms with Gasteiger partial charge in [0.05, 0.1) is 11.7 Å². The molecule has 2 rings (SSSR count). The van der Waals surface area contributed by atoms with Gasteiger partial charge in [0.1, 0.15) is 0 Å². The zero-order valence-electron chi connectivity index (χ0n) is 8.85. The molecule has 1 N–H and O–H groups in total. The third-order valence-corrected chi connectivity index (χ3v) is 3.21. The Balaban J connectivity index is 2.10. The van der Waals surface area contributed by atoms with E-state index in [1.807, 2.05) is 36.7 Å². The third kappa shape index (κ3) is 2.78. The number of benzene rings is 1. The third-order valence-electron chi connectivity index (χ3n) is 2.44. The Hall–Kier alpha value is -0.970. The van der Waals surface area contributed by atoms with Gasteiger partial charge in [-0.3, -0.25) is 0 Å². The summed E-state index contributed by atoms with van der Waals surface area (Å²) in [5, 5.41) is 10.1. The van der Waals surface area contributed by atoms with Crippen LogP contribution in [0.1, 0.15) is 17.3 Å². The van der Waals surface area contributed by atoms with Crippen LogP contribution in [0, 0.1) is 0 Å². The van der Waals surface area contributed by atoms with Crippen LogP contribution in [0.5, 0.6) is 0 Å². The average molecular weight is 254 g/mol. The van der Waals surface area contributed by atoms with Crippen molar-refractivity contribution in [2.45, 2.75) is 12.5 Å². The van der Waals surface area contributed by atoms with Crippen LogP contribution in [-0.2, 0) is 6.42 Å². The van der Waals surface area contributed by atoms with Crippen molar-refractivity contribution in [3.05, 3.63) is 45.9 Å². The van der Waals surface area contributed by atoms with Crippen LogP contribution in [0.4, 0.5) is 0 Å². The van der Waals surface area contributed by atoms with E-state index < -0.39 is 0 Å². The number of hydrogen-bond donors (Lipinski definition) is 1. The predicted molar refractivity (Wildman–Crippen MR) is 66.9 cm³/mol. The molecule has 3 nitrogen and oxygen atoms in total. The van der Waals surface area contributed by atoms with Crippen LogP contribution in [0.15, 0.2) is 29.6 Å². The van der Waals surface area contributed by atoms with Crippen molar-refractivity contribution in [3.63, 3.8) is 0 Å². The highest BCUT2D eigenvalue weighted by Gasteiger charge is 2.12. The van der Waals surface area contributed by atoms with E-state index in [9.17, 15) is 0 Å². The zero-order valence-corrected chi connectivity index (χ0v) is 10.4. The van der Waals surface area contributed by atoms with E-state index in [-0.39, 0.29) is 6.04 Å². The van der Waals surface area contributed by atoms with Crippen molar-refractivity contribution in [1.82, 2.24) is 14.9 Å².